The van der Waals surface area contributed by atoms with Gasteiger partial charge in [-0.3, -0.25) is 0 Å². The third kappa shape index (κ3) is 1.40. The van der Waals surface area contributed by atoms with Crippen molar-refractivity contribution >= 4 is 0 Å². The first-order valence-electron chi connectivity index (χ1n) is 4.07. The Morgan fingerprint density at radius 2 is 1.90 bits per heavy atom. The number of hydrogen-bond acceptors (Lipinski definition) is 1. The molecule has 58 valence electrons. The molecule has 0 heterocycles. The topological polar surface area (TPSA) is 20.2 Å². The summed E-state index contributed by atoms with van der Waals surface area (Å²) in [5.41, 5.74) is 0.0816. The van der Waals surface area contributed by atoms with E-state index in [0.717, 1.165) is 12.8 Å². The molecular formula is C9H16O. The van der Waals surface area contributed by atoms with E-state index in [0.29, 0.717) is 0 Å². The van der Waals surface area contributed by atoms with Crippen molar-refractivity contribution in [1.82, 2.24) is 0 Å². The van der Waals surface area contributed by atoms with Crippen molar-refractivity contribution in [3.63, 3.8) is 0 Å². The summed E-state index contributed by atoms with van der Waals surface area (Å²) in [7, 11) is 0. The molecule has 0 unspecified atom stereocenters. The van der Waals surface area contributed by atoms with Gasteiger partial charge in [-0.2, -0.15) is 0 Å². The van der Waals surface area contributed by atoms with Crippen LogP contribution >= 0.6 is 0 Å². The van der Waals surface area contributed by atoms with Gasteiger partial charge in [0.05, 0.1) is 6.61 Å². The van der Waals surface area contributed by atoms with E-state index in [4.69, 9.17) is 5.11 Å². The first kappa shape index (κ1) is 7.80. The average Bonchev–Trinajstić information content (AvgIpc) is 2.06. The molecule has 1 rings (SSSR count). The highest BCUT2D eigenvalue weighted by molar-refractivity contribution is 4.96. The molecule has 1 heteroatoms. The molecule has 0 amide bonds. The van der Waals surface area contributed by atoms with Crippen LogP contribution in [0.2, 0.25) is 0 Å². The second kappa shape index (κ2) is 3.20. The number of hydrogen-bond donors (Lipinski definition) is 1. The second-order valence-corrected chi connectivity index (χ2v) is 3.29. The summed E-state index contributed by atoms with van der Waals surface area (Å²) in [6.45, 7) is 4.06. The lowest BCUT2D eigenvalue weighted by Crippen LogP contribution is -2.25. The summed E-state index contributed by atoms with van der Waals surface area (Å²) in [5.74, 6) is 0. The summed E-state index contributed by atoms with van der Waals surface area (Å²) in [6.07, 6.45) is 8.04. The molecule has 1 nitrogen and oxygen atoms in total. The Hall–Kier alpha value is -0.300. The van der Waals surface area contributed by atoms with E-state index in [2.05, 4.69) is 6.58 Å². The van der Waals surface area contributed by atoms with Gasteiger partial charge in [0.25, 0.3) is 0 Å². The molecule has 1 aliphatic rings. The van der Waals surface area contributed by atoms with Gasteiger partial charge in [0.1, 0.15) is 0 Å². The van der Waals surface area contributed by atoms with Crippen LogP contribution in [0.3, 0.4) is 0 Å². The van der Waals surface area contributed by atoms with Crippen molar-refractivity contribution in [3.05, 3.63) is 12.7 Å². The summed E-state index contributed by atoms with van der Waals surface area (Å²) in [4.78, 5) is 0. The minimum Gasteiger partial charge on any atom is -0.395 e. The fourth-order valence-electron chi connectivity index (χ4n) is 1.68. The fraction of sp³-hybridized carbons (Fsp3) is 0.778. The third-order valence-electron chi connectivity index (χ3n) is 2.60. The van der Waals surface area contributed by atoms with Crippen LogP contribution in [-0.2, 0) is 0 Å². The average molecular weight is 140 g/mol. The first-order chi connectivity index (χ1) is 4.83. The predicted octanol–water partition coefficient (Wildman–Crippen LogP) is 2.12. The number of aliphatic hydroxyl groups is 1. The van der Waals surface area contributed by atoms with Crippen LogP contribution in [0.1, 0.15) is 32.1 Å². The highest BCUT2D eigenvalue weighted by Gasteiger charge is 2.27. The molecule has 0 aromatic heterocycles. The van der Waals surface area contributed by atoms with Gasteiger partial charge in [-0.25, -0.2) is 0 Å². The van der Waals surface area contributed by atoms with Crippen molar-refractivity contribution < 1.29 is 5.11 Å². The molecule has 1 fully saturated rings. The van der Waals surface area contributed by atoms with Crippen molar-refractivity contribution in [2.24, 2.45) is 5.41 Å². The van der Waals surface area contributed by atoms with Crippen LogP contribution in [0.15, 0.2) is 12.7 Å². The van der Waals surface area contributed by atoms with Gasteiger partial charge in [0.15, 0.2) is 0 Å². The van der Waals surface area contributed by atoms with E-state index < -0.39 is 0 Å². The zero-order valence-electron chi connectivity index (χ0n) is 6.47. The zero-order chi connectivity index (χ0) is 7.45. The van der Waals surface area contributed by atoms with E-state index in [-0.39, 0.29) is 12.0 Å². The molecule has 1 aliphatic carbocycles. The standard InChI is InChI=1S/C9H16O/c1-2-9(8-10)6-4-3-5-7-9/h2,10H,1,3-8H2. The van der Waals surface area contributed by atoms with Crippen molar-refractivity contribution in [2.75, 3.05) is 6.61 Å². The second-order valence-electron chi connectivity index (χ2n) is 3.29. The highest BCUT2D eigenvalue weighted by Crippen LogP contribution is 2.36. The summed E-state index contributed by atoms with van der Waals surface area (Å²) >= 11 is 0. The van der Waals surface area contributed by atoms with E-state index in [1.807, 2.05) is 6.08 Å². The summed E-state index contributed by atoms with van der Waals surface area (Å²) < 4.78 is 0. The third-order valence-corrected chi connectivity index (χ3v) is 2.60. The van der Waals surface area contributed by atoms with Gasteiger partial charge >= 0.3 is 0 Å². The Kier molecular flexibility index (Phi) is 2.50. The van der Waals surface area contributed by atoms with Gasteiger partial charge in [0, 0.05) is 5.41 Å². The van der Waals surface area contributed by atoms with Crippen LogP contribution in [0.5, 0.6) is 0 Å². The fourth-order valence-corrected chi connectivity index (χ4v) is 1.68. The molecule has 0 atom stereocenters. The van der Waals surface area contributed by atoms with Gasteiger partial charge in [0.2, 0.25) is 0 Å². The molecule has 0 radical (unpaired) electrons. The molecule has 0 aromatic carbocycles. The maximum absolute atomic E-state index is 9.07. The van der Waals surface area contributed by atoms with Crippen LogP contribution in [-0.4, -0.2) is 11.7 Å². The maximum atomic E-state index is 9.07. The quantitative estimate of drug-likeness (QED) is 0.582. The first-order valence-corrected chi connectivity index (χ1v) is 4.07. The maximum Gasteiger partial charge on any atom is 0.0521 e. The van der Waals surface area contributed by atoms with Gasteiger partial charge in [-0.15, -0.1) is 6.58 Å². The lowest BCUT2D eigenvalue weighted by Gasteiger charge is -2.32. The lowest BCUT2D eigenvalue weighted by molar-refractivity contribution is 0.127. The van der Waals surface area contributed by atoms with E-state index >= 15 is 0 Å². The normalized spacial score (nSPS) is 24.1. The molecule has 0 aromatic rings. The van der Waals surface area contributed by atoms with Crippen LogP contribution in [0.25, 0.3) is 0 Å². The highest BCUT2D eigenvalue weighted by atomic mass is 16.3. The summed E-state index contributed by atoms with van der Waals surface area (Å²) in [6, 6.07) is 0. The van der Waals surface area contributed by atoms with Gasteiger partial charge < -0.3 is 5.11 Å². The van der Waals surface area contributed by atoms with Crippen LogP contribution in [0, 0.1) is 5.41 Å². The smallest absolute Gasteiger partial charge is 0.0521 e. The van der Waals surface area contributed by atoms with Crippen LogP contribution in [0.4, 0.5) is 0 Å². The lowest BCUT2D eigenvalue weighted by atomic mass is 9.75. The Balaban J connectivity index is 2.52. The molecule has 1 saturated carbocycles. The van der Waals surface area contributed by atoms with Crippen LogP contribution < -0.4 is 0 Å². The SMILES string of the molecule is C=CC1(CO)CCCCC1. The zero-order valence-corrected chi connectivity index (χ0v) is 6.47. The molecule has 0 saturated heterocycles. The van der Waals surface area contributed by atoms with E-state index in [9.17, 15) is 0 Å². The Labute approximate surface area is 62.8 Å². The Bertz CT molecular complexity index is 112. The number of aliphatic hydroxyl groups excluding tert-OH is 1. The minimum absolute atomic E-state index is 0.0816. The molecular weight excluding hydrogens is 124 g/mol. The molecule has 10 heavy (non-hydrogen) atoms. The Morgan fingerprint density at radius 3 is 2.20 bits per heavy atom. The van der Waals surface area contributed by atoms with Crippen molar-refractivity contribution in [2.45, 2.75) is 32.1 Å². The van der Waals surface area contributed by atoms with E-state index in [1.165, 1.54) is 19.3 Å². The Morgan fingerprint density at radius 1 is 1.30 bits per heavy atom. The summed E-state index contributed by atoms with van der Waals surface area (Å²) in [5, 5.41) is 9.07. The monoisotopic (exact) mass is 140 g/mol. The molecule has 1 N–H and O–H groups in total. The molecule has 0 spiro atoms. The molecule has 0 bridgehead atoms. The van der Waals surface area contributed by atoms with Crippen molar-refractivity contribution in [3.8, 4) is 0 Å². The predicted molar refractivity (Wildman–Crippen MR) is 42.8 cm³/mol. The van der Waals surface area contributed by atoms with E-state index in [1.54, 1.807) is 0 Å². The van der Waals surface area contributed by atoms with Crippen molar-refractivity contribution in [1.29, 1.82) is 0 Å². The van der Waals surface area contributed by atoms with Gasteiger partial charge in [-0.1, -0.05) is 25.3 Å². The molecule has 0 aliphatic heterocycles. The largest absolute Gasteiger partial charge is 0.395 e. The van der Waals surface area contributed by atoms with Gasteiger partial charge in [-0.05, 0) is 12.8 Å². The number of rotatable bonds is 2. The minimum atomic E-state index is 0.0816.